The Morgan fingerprint density at radius 2 is 2.11 bits per heavy atom. The predicted octanol–water partition coefficient (Wildman–Crippen LogP) is 4.06. The van der Waals surface area contributed by atoms with Gasteiger partial charge in [-0.05, 0) is 52.7 Å². The zero-order valence-corrected chi connectivity index (χ0v) is 11.9. The number of benzene rings is 1. The van der Waals surface area contributed by atoms with Crippen molar-refractivity contribution in [1.29, 1.82) is 0 Å². The fourth-order valence-electron chi connectivity index (χ4n) is 1.47. The lowest BCUT2D eigenvalue weighted by molar-refractivity contribution is 0.102. The number of aromatic nitrogens is 1. The molecule has 0 spiro atoms. The Hall–Kier alpha value is -1.39. The van der Waals surface area contributed by atoms with Crippen molar-refractivity contribution in [3.05, 3.63) is 57.3 Å². The summed E-state index contributed by atoms with van der Waals surface area (Å²) in [7, 11) is 0. The molecule has 1 heterocycles. The predicted molar refractivity (Wildman–Crippen MR) is 76.1 cm³/mol. The number of rotatable bonds is 2. The average molecular weight is 326 g/mol. The van der Waals surface area contributed by atoms with E-state index in [1.54, 1.807) is 30.5 Å². The molecule has 1 aromatic carbocycles. The van der Waals surface area contributed by atoms with E-state index in [9.17, 15) is 4.79 Å². The summed E-state index contributed by atoms with van der Waals surface area (Å²) in [5.41, 5.74) is 2.09. The van der Waals surface area contributed by atoms with E-state index in [0.717, 1.165) is 10.0 Å². The van der Waals surface area contributed by atoms with Crippen LogP contribution in [0.3, 0.4) is 0 Å². The molecule has 3 nitrogen and oxygen atoms in total. The van der Waals surface area contributed by atoms with Crippen LogP contribution in [0.4, 0.5) is 5.69 Å². The Kier molecular flexibility index (Phi) is 3.99. The fourth-order valence-corrected chi connectivity index (χ4v) is 1.98. The third-order valence-corrected chi connectivity index (χ3v) is 3.24. The summed E-state index contributed by atoms with van der Waals surface area (Å²) in [6.07, 6.45) is 3.23. The molecule has 0 radical (unpaired) electrons. The van der Waals surface area contributed by atoms with Crippen molar-refractivity contribution in [3.63, 3.8) is 0 Å². The van der Waals surface area contributed by atoms with Crippen LogP contribution in [-0.4, -0.2) is 10.9 Å². The van der Waals surface area contributed by atoms with Crippen LogP contribution in [0.15, 0.2) is 41.1 Å². The number of halogens is 2. The molecule has 0 unspecified atom stereocenters. The molecule has 0 aliphatic rings. The first-order chi connectivity index (χ1) is 8.56. The maximum atomic E-state index is 12.0. The second-order valence-corrected chi connectivity index (χ2v) is 5.12. The van der Waals surface area contributed by atoms with Gasteiger partial charge in [0.05, 0.1) is 11.3 Å². The lowest BCUT2D eigenvalue weighted by Crippen LogP contribution is -2.12. The molecule has 2 aromatic rings. The summed E-state index contributed by atoms with van der Waals surface area (Å²) < 4.78 is 0.779. The van der Waals surface area contributed by atoms with E-state index in [1.165, 1.54) is 6.20 Å². The average Bonchev–Trinajstić information content (AvgIpc) is 2.34. The third kappa shape index (κ3) is 3.09. The smallest absolute Gasteiger partial charge is 0.257 e. The molecule has 92 valence electrons. The first-order valence-electron chi connectivity index (χ1n) is 5.24. The zero-order chi connectivity index (χ0) is 13.1. The van der Waals surface area contributed by atoms with E-state index < -0.39 is 0 Å². The van der Waals surface area contributed by atoms with Crippen molar-refractivity contribution in [3.8, 4) is 0 Å². The number of pyridine rings is 1. The van der Waals surface area contributed by atoms with Crippen LogP contribution in [0.1, 0.15) is 15.9 Å². The quantitative estimate of drug-likeness (QED) is 0.905. The third-order valence-electron chi connectivity index (χ3n) is 2.31. The summed E-state index contributed by atoms with van der Waals surface area (Å²) in [4.78, 5) is 16.0. The van der Waals surface area contributed by atoms with Crippen molar-refractivity contribution < 1.29 is 4.79 Å². The Morgan fingerprint density at radius 3 is 2.83 bits per heavy atom. The molecule has 0 fully saturated rings. The standard InChI is InChI=1S/C13H10BrClN2O/c1-8-4-9(7-16-6-8)13(18)17-12-5-10(15)2-3-11(12)14/h2-7H,1H3,(H,17,18). The van der Waals surface area contributed by atoms with E-state index >= 15 is 0 Å². The van der Waals surface area contributed by atoms with Gasteiger partial charge in [0.2, 0.25) is 0 Å². The topological polar surface area (TPSA) is 42.0 Å². The highest BCUT2D eigenvalue weighted by Gasteiger charge is 2.09. The number of anilines is 1. The Labute approximate surface area is 118 Å². The first kappa shape index (κ1) is 13.1. The van der Waals surface area contributed by atoms with Crippen LogP contribution in [0.5, 0.6) is 0 Å². The van der Waals surface area contributed by atoms with Crippen molar-refractivity contribution in [1.82, 2.24) is 4.98 Å². The number of hydrogen-bond acceptors (Lipinski definition) is 2. The largest absolute Gasteiger partial charge is 0.321 e. The molecule has 0 atom stereocenters. The van der Waals surface area contributed by atoms with Crippen molar-refractivity contribution in [2.75, 3.05) is 5.32 Å². The first-order valence-corrected chi connectivity index (χ1v) is 6.41. The van der Waals surface area contributed by atoms with Crippen molar-refractivity contribution in [2.24, 2.45) is 0 Å². The summed E-state index contributed by atoms with van der Waals surface area (Å²) in [6, 6.07) is 7.00. The van der Waals surface area contributed by atoms with Gasteiger partial charge >= 0.3 is 0 Å². The molecular weight excluding hydrogens is 316 g/mol. The van der Waals surface area contributed by atoms with Crippen LogP contribution in [0.2, 0.25) is 5.02 Å². The van der Waals surface area contributed by atoms with Gasteiger partial charge in [-0.2, -0.15) is 0 Å². The maximum absolute atomic E-state index is 12.0. The zero-order valence-electron chi connectivity index (χ0n) is 9.58. The fraction of sp³-hybridized carbons (Fsp3) is 0.0769. The second-order valence-electron chi connectivity index (χ2n) is 3.83. The Bertz CT molecular complexity index is 601. The van der Waals surface area contributed by atoms with E-state index in [2.05, 4.69) is 26.2 Å². The van der Waals surface area contributed by atoms with Crippen molar-refractivity contribution >= 4 is 39.1 Å². The van der Waals surface area contributed by atoms with Gasteiger partial charge in [-0.3, -0.25) is 9.78 Å². The van der Waals surface area contributed by atoms with Gasteiger partial charge in [0.25, 0.3) is 5.91 Å². The summed E-state index contributed by atoms with van der Waals surface area (Å²) in [6.45, 7) is 1.89. The second kappa shape index (κ2) is 5.50. The highest BCUT2D eigenvalue weighted by atomic mass is 79.9. The molecule has 2 rings (SSSR count). The van der Waals surface area contributed by atoms with Crippen LogP contribution in [0, 0.1) is 6.92 Å². The number of carbonyl (C=O) groups excluding carboxylic acids is 1. The van der Waals surface area contributed by atoms with Crippen LogP contribution in [0.25, 0.3) is 0 Å². The molecule has 1 aromatic heterocycles. The highest BCUT2D eigenvalue weighted by molar-refractivity contribution is 9.10. The number of amides is 1. The van der Waals surface area contributed by atoms with Gasteiger partial charge in [0, 0.05) is 21.9 Å². The van der Waals surface area contributed by atoms with Crippen LogP contribution >= 0.6 is 27.5 Å². The van der Waals surface area contributed by atoms with Gasteiger partial charge in [0.15, 0.2) is 0 Å². The normalized spacial score (nSPS) is 10.2. The Morgan fingerprint density at radius 1 is 1.33 bits per heavy atom. The minimum atomic E-state index is -0.214. The SMILES string of the molecule is Cc1cncc(C(=O)Nc2cc(Cl)ccc2Br)c1. The lowest BCUT2D eigenvalue weighted by Gasteiger charge is -2.08. The van der Waals surface area contributed by atoms with E-state index in [-0.39, 0.29) is 5.91 Å². The van der Waals surface area contributed by atoms with Gasteiger partial charge in [-0.15, -0.1) is 0 Å². The number of aryl methyl sites for hydroxylation is 1. The molecule has 0 bridgehead atoms. The Balaban J connectivity index is 2.24. The molecule has 1 N–H and O–H groups in total. The van der Waals surface area contributed by atoms with Gasteiger partial charge in [-0.25, -0.2) is 0 Å². The van der Waals surface area contributed by atoms with Crippen LogP contribution in [-0.2, 0) is 0 Å². The number of nitrogens with one attached hydrogen (secondary N) is 1. The number of nitrogens with zero attached hydrogens (tertiary/aromatic N) is 1. The monoisotopic (exact) mass is 324 g/mol. The summed E-state index contributed by atoms with van der Waals surface area (Å²) in [5, 5.41) is 3.35. The molecule has 5 heteroatoms. The van der Waals surface area contributed by atoms with E-state index in [1.807, 2.05) is 6.92 Å². The van der Waals surface area contributed by atoms with Crippen molar-refractivity contribution in [2.45, 2.75) is 6.92 Å². The van der Waals surface area contributed by atoms with Gasteiger partial charge < -0.3 is 5.32 Å². The summed E-state index contributed by atoms with van der Waals surface area (Å²) in [5.74, 6) is -0.214. The highest BCUT2D eigenvalue weighted by Crippen LogP contribution is 2.26. The van der Waals surface area contributed by atoms with Gasteiger partial charge in [-0.1, -0.05) is 11.6 Å². The lowest BCUT2D eigenvalue weighted by atomic mass is 10.2. The molecule has 0 saturated carbocycles. The molecule has 1 amide bonds. The molecule has 0 aliphatic heterocycles. The molecule has 0 saturated heterocycles. The maximum Gasteiger partial charge on any atom is 0.257 e. The van der Waals surface area contributed by atoms with E-state index in [4.69, 9.17) is 11.6 Å². The molecule has 0 aliphatic carbocycles. The minimum absolute atomic E-state index is 0.214. The van der Waals surface area contributed by atoms with E-state index in [0.29, 0.717) is 16.3 Å². The molecule has 18 heavy (non-hydrogen) atoms. The molecular formula is C13H10BrClN2O. The summed E-state index contributed by atoms with van der Waals surface area (Å²) >= 11 is 9.24. The number of carbonyl (C=O) groups is 1. The van der Waals surface area contributed by atoms with Gasteiger partial charge in [0.1, 0.15) is 0 Å². The number of hydrogen-bond donors (Lipinski definition) is 1. The minimum Gasteiger partial charge on any atom is -0.321 e. The van der Waals surface area contributed by atoms with Crippen LogP contribution < -0.4 is 5.32 Å².